The number of rotatable bonds is 6. The number of anilines is 1. The number of methoxy groups -OCH3 is 1. The van der Waals surface area contributed by atoms with Gasteiger partial charge in [0.05, 0.1) is 18.4 Å². The Hall–Kier alpha value is -3.23. The lowest BCUT2D eigenvalue weighted by Gasteiger charge is -2.15. The number of carbonyl (C=O) groups is 5. The minimum Gasteiger partial charge on any atom is -0.465 e. The molecule has 0 atom stereocenters. The summed E-state index contributed by atoms with van der Waals surface area (Å²) in [6.07, 6.45) is 0.497. The van der Waals surface area contributed by atoms with Gasteiger partial charge in [-0.15, -0.1) is 0 Å². The number of hydrogen-bond acceptors (Lipinski definition) is 6. The number of esters is 1. The maximum absolute atomic E-state index is 12.2. The van der Waals surface area contributed by atoms with Gasteiger partial charge in [-0.1, -0.05) is 19.1 Å². The quantitative estimate of drug-likeness (QED) is 0.458. The average molecular weight is 347 g/mol. The van der Waals surface area contributed by atoms with E-state index in [1.807, 2.05) is 0 Å². The van der Waals surface area contributed by atoms with Gasteiger partial charge in [0.2, 0.25) is 5.91 Å². The second-order valence-corrected chi connectivity index (χ2v) is 5.22. The van der Waals surface area contributed by atoms with Gasteiger partial charge in [-0.25, -0.2) is 14.5 Å². The van der Waals surface area contributed by atoms with Gasteiger partial charge < -0.3 is 10.1 Å². The van der Waals surface area contributed by atoms with Crippen molar-refractivity contribution < 1.29 is 28.7 Å². The van der Waals surface area contributed by atoms with E-state index in [0.29, 0.717) is 11.3 Å². The number of amides is 5. The highest BCUT2D eigenvalue weighted by atomic mass is 16.5. The zero-order valence-electron chi connectivity index (χ0n) is 13.8. The fourth-order valence-corrected chi connectivity index (χ4v) is 2.32. The summed E-state index contributed by atoms with van der Waals surface area (Å²) < 4.78 is 4.62. The molecular formula is C16H17N3O6. The fourth-order valence-electron chi connectivity index (χ4n) is 2.32. The van der Waals surface area contributed by atoms with Crippen molar-refractivity contribution in [2.24, 2.45) is 0 Å². The molecule has 1 aliphatic heterocycles. The van der Waals surface area contributed by atoms with E-state index in [4.69, 9.17) is 0 Å². The number of urea groups is 1. The van der Waals surface area contributed by atoms with Crippen LogP contribution in [0.15, 0.2) is 24.3 Å². The molecule has 1 aromatic rings. The zero-order chi connectivity index (χ0) is 18.6. The monoisotopic (exact) mass is 347 g/mol. The summed E-state index contributed by atoms with van der Waals surface area (Å²) in [5.41, 5.74) is 0.302. The first kappa shape index (κ1) is 18.1. The van der Waals surface area contributed by atoms with Crippen LogP contribution in [-0.4, -0.2) is 59.7 Å². The van der Waals surface area contributed by atoms with Crippen LogP contribution in [0.3, 0.4) is 0 Å². The van der Waals surface area contributed by atoms with Crippen LogP contribution in [0.4, 0.5) is 10.5 Å². The predicted molar refractivity (Wildman–Crippen MR) is 85.5 cm³/mol. The minimum atomic E-state index is -1.05. The molecular weight excluding hydrogens is 330 g/mol. The molecule has 0 radical (unpaired) electrons. The summed E-state index contributed by atoms with van der Waals surface area (Å²) in [4.78, 5) is 60.9. The second kappa shape index (κ2) is 7.56. The molecule has 25 heavy (non-hydrogen) atoms. The highest BCUT2D eigenvalue weighted by Crippen LogP contribution is 2.17. The van der Waals surface area contributed by atoms with Crippen LogP contribution < -0.4 is 5.32 Å². The van der Waals surface area contributed by atoms with Gasteiger partial charge in [0.15, 0.2) is 0 Å². The van der Waals surface area contributed by atoms with Crippen molar-refractivity contribution in [3.63, 3.8) is 0 Å². The molecule has 2 rings (SSSR count). The molecule has 0 saturated carbocycles. The molecule has 5 amide bonds. The Kier molecular flexibility index (Phi) is 5.48. The molecule has 0 aliphatic carbocycles. The number of benzene rings is 1. The van der Waals surface area contributed by atoms with Crippen molar-refractivity contribution in [2.75, 3.05) is 25.5 Å². The second-order valence-electron chi connectivity index (χ2n) is 5.22. The number of para-hydroxylation sites is 1. The first-order valence-electron chi connectivity index (χ1n) is 7.55. The molecule has 1 aromatic carbocycles. The molecule has 1 fully saturated rings. The Morgan fingerprint density at radius 2 is 1.72 bits per heavy atom. The third-order valence-corrected chi connectivity index (χ3v) is 3.49. The highest BCUT2D eigenvalue weighted by Gasteiger charge is 2.44. The summed E-state index contributed by atoms with van der Waals surface area (Å²) in [6.45, 7) is 1.23. The van der Waals surface area contributed by atoms with E-state index < -0.39 is 36.3 Å². The Morgan fingerprint density at radius 1 is 1.08 bits per heavy atom. The van der Waals surface area contributed by atoms with Gasteiger partial charge >= 0.3 is 23.8 Å². The molecule has 132 valence electrons. The van der Waals surface area contributed by atoms with E-state index in [1.165, 1.54) is 19.2 Å². The van der Waals surface area contributed by atoms with Gasteiger partial charge in [0, 0.05) is 6.54 Å². The standard InChI is InChI=1S/C16H17N3O6/c1-3-8-18-13(21)14(22)19(16(18)24)9-12(20)17-11-7-5-4-6-10(11)15(23)25-2/h4-7H,3,8-9H2,1-2H3,(H,17,20). The molecule has 1 aliphatic rings. The van der Waals surface area contributed by atoms with Crippen LogP contribution in [-0.2, 0) is 19.1 Å². The van der Waals surface area contributed by atoms with E-state index in [0.717, 1.165) is 4.90 Å². The maximum Gasteiger partial charge on any atom is 0.339 e. The highest BCUT2D eigenvalue weighted by molar-refractivity contribution is 6.45. The van der Waals surface area contributed by atoms with E-state index in [1.54, 1.807) is 19.1 Å². The lowest BCUT2D eigenvalue weighted by molar-refractivity contribution is -0.143. The first-order chi connectivity index (χ1) is 11.9. The van der Waals surface area contributed by atoms with E-state index in [9.17, 15) is 24.0 Å². The molecule has 9 heteroatoms. The molecule has 0 aromatic heterocycles. The Balaban J connectivity index is 2.11. The Bertz CT molecular complexity index is 745. The predicted octanol–water partition coefficient (Wildman–Crippen LogP) is 0.612. The van der Waals surface area contributed by atoms with Gasteiger partial charge in [-0.2, -0.15) is 0 Å². The van der Waals surface area contributed by atoms with Crippen LogP contribution >= 0.6 is 0 Å². The molecule has 0 unspecified atom stereocenters. The number of imide groups is 2. The van der Waals surface area contributed by atoms with Crippen molar-refractivity contribution in [3.05, 3.63) is 29.8 Å². The Morgan fingerprint density at radius 3 is 2.36 bits per heavy atom. The van der Waals surface area contributed by atoms with Gasteiger partial charge in [0.1, 0.15) is 6.54 Å². The molecule has 0 spiro atoms. The number of nitrogens with one attached hydrogen (secondary N) is 1. The smallest absolute Gasteiger partial charge is 0.339 e. The number of hydrogen-bond donors (Lipinski definition) is 1. The van der Waals surface area contributed by atoms with Gasteiger partial charge in [-0.05, 0) is 18.6 Å². The van der Waals surface area contributed by atoms with Crippen LogP contribution in [0.2, 0.25) is 0 Å². The topological polar surface area (TPSA) is 113 Å². The van der Waals surface area contributed by atoms with Crippen LogP contribution in [0.25, 0.3) is 0 Å². The SMILES string of the molecule is CCCN1C(=O)C(=O)N(CC(=O)Nc2ccccc2C(=O)OC)C1=O. The van der Waals surface area contributed by atoms with Crippen LogP contribution in [0, 0.1) is 0 Å². The van der Waals surface area contributed by atoms with Crippen molar-refractivity contribution in [2.45, 2.75) is 13.3 Å². The van der Waals surface area contributed by atoms with E-state index >= 15 is 0 Å². The third-order valence-electron chi connectivity index (χ3n) is 3.49. The molecule has 1 saturated heterocycles. The zero-order valence-corrected chi connectivity index (χ0v) is 13.8. The molecule has 1 heterocycles. The number of ether oxygens (including phenoxy) is 1. The normalized spacial score (nSPS) is 14.1. The lowest BCUT2D eigenvalue weighted by atomic mass is 10.2. The minimum absolute atomic E-state index is 0.104. The largest absolute Gasteiger partial charge is 0.465 e. The van der Waals surface area contributed by atoms with E-state index in [2.05, 4.69) is 10.1 Å². The van der Waals surface area contributed by atoms with Gasteiger partial charge in [-0.3, -0.25) is 19.3 Å². The molecule has 1 N–H and O–H groups in total. The third kappa shape index (κ3) is 3.65. The summed E-state index contributed by atoms with van der Waals surface area (Å²) in [5, 5.41) is 2.44. The van der Waals surface area contributed by atoms with E-state index in [-0.39, 0.29) is 17.8 Å². The van der Waals surface area contributed by atoms with Crippen molar-refractivity contribution in [3.8, 4) is 0 Å². The summed E-state index contributed by atoms with van der Waals surface area (Å²) >= 11 is 0. The van der Waals surface area contributed by atoms with Crippen molar-refractivity contribution >= 4 is 35.4 Å². The summed E-state index contributed by atoms with van der Waals surface area (Å²) in [6, 6.07) is 5.30. The average Bonchev–Trinajstić information content (AvgIpc) is 2.80. The molecule has 0 bridgehead atoms. The summed E-state index contributed by atoms with van der Waals surface area (Å²) in [5.74, 6) is -3.36. The van der Waals surface area contributed by atoms with Crippen LogP contribution in [0.5, 0.6) is 0 Å². The Labute approximate surface area is 143 Å². The lowest BCUT2D eigenvalue weighted by Crippen LogP contribution is -2.39. The molecule has 9 nitrogen and oxygen atoms in total. The van der Waals surface area contributed by atoms with Crippen molar-refractivity contribution in [1.82, 2.24) is 9.80 Å². The maximum atomic E-state index is 12.2. The van der Waals surface area contributed by atoms with Gasteiger partial charge in [0.25, 0.3) is 0 Å². The summed E-state index contributed by atoms with van der Waals surface area (Å²) in [7, 11) is 1.20. The first-order valence-corrected chi connectivity index (χ1v) is 7.55. The number of nitrogens with zero attached hydrogens (tertiary/aromatic N) is 2. The van der Waals surface area contributed by atoms with Crippen LogP contribution in [0.1, 0.15) is 23.7 Å². The van der Waals surface area contributed by atoms with Crippen molar-refractivity contribution in [1.29, 1.82) is 0 Å². The number of carbonyl (C=O) groups excluding carboxylic acids is 5. The fraction of sp³-hybridized carbons (Fsp3) is 0.312.